The number of hydrogen-bond acceptors (Lipinski definition) is 5. The Morgan fingerprint density at radius 2 is 1.90 bits per heavy atom. The molecular formula is C32H39F2N4O2P. The van der Waals surface area contributed by atoms with Crippen molar-refractivity contribution in [2.24, 2.45) is 17.6 Å². The van der Waals surface area contributed by atoms with Gasteiger partial charge in [-0.3, -0.25) is 9.78 Å². The van der Waals surface area contributed by atoms with E-state index in [4.69, 9.17) is 10.5 Å². The van der Waals surface area contributed by atoms with Gasteiger partial charge in [0.15, 0.2) is 0 Å². The summed E-state index contributed by atoms with van der Waals surface area (Å²) in [6.45, 7) is 5.72. The highest BCUT2D eigenvalue weighted by atomic mass is 31.0. The van der Waals surface area contributed by atoms with Crippen LogP contribution in [0.25, 0.3) is 11.3 Å². The molecule has 3 aromatic rings. The molecule has 1 aliphatic heterocycles. The van der Waals surface area contributed by atoms with E-state index in [1.165, 1.54) is 12.1 Å². The third kappa shape index (κ3) is 6.50. The molecule has 2 fully saturated rings. The first-order valence-electron chi connectivity index (χ1n) is 14.6. The average molecular weight is 581 g/mol. The van der Waals surface area contributed by atoms with Crippen molar-refractivity contribution in [3.63, 3.8) is 0 Å². The minimum absolute atomic E-state index is 0.00904. The van der Waals surface area contributed by atoms with E-state index in [2.05, 4.69) is 38.4 Å². The molecule has 218 valence electrons. The monoisotopic (exact) mass is 580 g/mol. The molecule has 0 spiro atoms. The molecule has 41 heavy (non-hydrogen) atoms. The van der Waals surface area contributed by atoms with Gasteiger partial charge in [-0.2, -0.15) is 0 Å². The summed E-state index contributed by atoms with van der Waals surface area (Å²) >= 11 is 0. The van der Waals surface area contributed by atoms with Crippen LogP contribution in [0.4, 0.5) is 14.5 Å². The van der Waals surface area contributed by atoms with Gasteiger partial charge in [0, 0.05) is 31.0 Å². The van der Waals surface area contributed by atoms with Gasteiger partial charge in [-0.15, -0.1) is 9.24 Å². The SMILES string of the molecule is CCC[C@@H]1[C@H](N)C[C@H](c2ccncc2NC(=O)c2ccc(F)c(-c3c(F)cc(C4CCOCC4)cc3P)n2)C[C@@H]1C. The number of carbonyl (C=O) groups excluding carboxylic acids is 1. The standard InChI is InChI=1S/C32H39F2N4O2P/c1-3-4-22-18(2)13-21(15-26(22)35)23-7-10-36-17-28(23)38-32(39)27-6-5-24(33)31(37-27)30-25(34)14-20(16-29(30)41)19-8-11-40-12-9-19/h5-7,10,14,16-19,21-22,26H,3-4,8-9,11-13,15,35,41H2,1-2H3,(H,38,39)/t18-,21+,22-,26+/m0/s1. The number of aromatic nitrogens is 2. The Balaban J connectivity index is 1.39. The predicted molar refractivity (Wildman–Crippen MR) is 161 cm³/mol. The fourth-order valence-electron chi connectivity index (χ4n) is 6.69. The highest BCUT2D eigenvalue weighted by Gasteiger charge is 2.34. The van der Waals surface area contributed by atoms with Gasteiger partial charge in [0.25, 0.3) is 5.91 Å². The lowest BCUT2D eigenvalue weighted by Crippen LogP contribution is -2.40. The zero-order valence-electron chi connectivity index (χ0n) is 23.7. The predicted octanol–water partition coefficient (Wildman–Crippen LogP) is 6.33. The number of carbonyl (C=O) groups is 1. The van der Waals surface area contributed by atoms with E-state index in [9.17, 15) is 4.79 Å². The zero-order chi connectivity index (χ0) is 29.1. The van der Waals surface area contributed by atoms with E-state index in [1.807, 2.05) is 12.1 Å². The first kappa shape index (κ1) is 29.7. The van der Waals surface area contributed by atoms with E-state index >= 15 is 8.78 Å². The second kappa shape index (κ2) is 13.0. The number of pyridine rings is 2. The summed E-state index contributed by atoms with van der Waals surface area (Å²) in [5, 5.41) is 3.43. The van der Waals surface area contributed by atoms with Crippen LogP contribution in [0, 0.1) is 23.5 Å². The molecule has 5 rings (SSSR count). The molecule has 1 saturated heterocycles. The van der Waals surface area contributed by atoms with Gasteiger partial charge in [0.1, 0.15) is 23.0 Å². The Labute approximate surface area is 243 Å². The van der Waals surface area contributed by atoms with Crippen molar-refractivity contribution >= 4 is 26.1 Å². The molecule has 0 bridgehead atoms. The second-order valence-corrected chi connectivity index (χ2v) is 12.2. The van der Waals surface area contributed by atoms with Crippen LogP contribution in [0.3, 0.4) is 0 Å². The number of nitrogens with two attached hydrogens (primary N) is 1. The van der Waals surface area contributed by atoms with Gasteiger partial charge >= 0.3 is 0 Å². The van der Waals surface area contributed by atoms with E-state index in [0.29, 0.717) is 36.0 Å². The largest absolute Gasteiger partial charge is 0.381 e. The molecular weight excluding hydrogens is 541 g/mol. The molecule has 1 unspecified atom stereocenters. The minimum atomic E-state index is -0.697. The average Bonchev–Trinajstić information content (AvgIpc) is 2.96. The normalized spacial score (nSPS) is 23.4. The Kier molecular flexibility index (Phi) is 9.42. The molecule has 6 nitrogen and oxygen atoms in total. The third-order valence-corrected chi connectivity index (χ3v) is 9.27. The number of ether oxygens (including phenoxy) is 1. The van der Waals surface area contributed by atoms with Gasteiger partial charge in [-0.25, -0.2) is 13.8 Å². The van der Waals surface area contributed by atoms with Crippen LogP contribution < -0.4 is 16.4 Å². The van der Waals surface area contributed by atoms with Gasteiger partial charge in [-0.1, -0.05) is 26.3 Å². The molecule has 1 amide bonds. The molecule has 1 aliphatic carbocycles. The van der Waals surface area contributed by atoms with E-state index in [-0.39, 0.29) is 34.8 Å². The zero-order valence-corrected chi connectivity index (χ0v) is 24.9. The fourth-order valence-corrected chi connectivity index (χ4v) is 7.16. The molecule has 5 atom stereocenters. The molecule has 1 saturated carbocycles. The Hall–Kier alpha value is -2.80. The van der Waals surface area contributed by atoms with E-state index in [0.717, 1.165) is 55.7 Å². The lowest BCUT2D eigenvalue weighted by molar-refractivity contribution is 0.0853. The van der Waals surface area contributed by atoms with Crippen molar-refractivity contribution in [3.8, 4) is 11.3 Å². The van der Waals surface area contributed by atoms with Gasteiger partial charge in [-0.05, 0) is 96.5 Å². The molecule has 1 aromatic carbocycles. The molecule has 9 heteroatoms. The fraction of sp³-hybridized carbons (Fsp3) is 0.469. The van der Waals surface area contributed by atoms with Crippen molar-refractivity contribution in [2.45, 2.75) is 70.3 Å². The lowest BCUT2D eigenvalue weighted by Gasteiger charge is -2.39. The lowest BCUT2D eigenvalue weighted by atomic mass is 9.68. The van der Waals surface area contributed by atoms with Crippen LogP contribution in [0.5, 0.6) is 0 Å². The van der Waals surface area contributed by atoms with Gasteiger partial charge in [0.2, 0.25) is 0 Å². The van der Waals surface area contributed by atoms with Crippen LogP contribution in [0.15, 0.2) is 42.7 Å². The number of amides is 1. The van der Waals surface area contributed by atoms with Crippen molar-refractivity contribution in [2.75, 3.05) is 18.5 Å². The van der Waals surface area contributed by atoms with Crippen molar-refractivity contribution in [1.82, 2.24) is 9.97 Å². The van der Waals surface area contributed by atoms with Gasteiger partial charge in [0.05, 0.1) is 11.9 Å². The topological polar surface area (TPSA) is 90.1 Å². The van der Waals surface area contributed by atoms with Crippen LogP contribution in [-0.2, 0) is 4.74 Å². The van der Waals surface area contributed by atoms with Crippen LogP contribution in [0.2, 0.25) is 0 Å². The van der Waals surface area contributed by atoms with E-state index in [1.54, 1.807) is 12.4 Å². The molecule has 3 N–H and O–H groups in total. The molecule has 0 radical (unpaired) electrons. The minimum Gasteiger partial charge on any atom is -0.381 e. The molecule has 2 aliphatic rings. The van der Waals surface area contributed by atoms with E-state index < -0.39 is 17.5 Å². The summed E-state index contributed by atoms with van der Waals surface area (Å²) in [6.07, 6.45) is 9.01. The summed E-state index contributed by atoms with van der Waals surface area (Å²) in [5.74, 6) is -0.442. The number of halogens is 2. The maximum absolute atomic E-state index is 15.4. The van der Waals surface area contributed by atoms with Crippen LogP contribution in [0.1, 0.15) is 85.8 Å². The summed E-state index contributed by atoms with van der Waals surface area (Å²) in [7, 11) is 2.50. The van der Waals surface area contributed by atoms with Crippen LogP contribution >= 0.6 is 9.24 Å². The number of nitrogens with one attached hydrogen (secondary N) is 1. The third-order valence-electron chi connectivity index (χ3n) is 8.81. The second-order valence-electron chi connectivity index (χ2n) is 11.6. The number of nitrogens with zero attached hydrogens (tertiary/aromatic N) is 2. The highest BCUT2D eigenvalue weighted by molar-refractivity contribution is 7.28. The molecule has 3 heterocycles. The quantitative estimate of drug-likeness (QED) is 0.319. The van der Waals surface area contributed by atoms with Crippen molar-refractivity contribution < 1.29 is 18.3 Å². The Morgan fingerprint density at radius 3 is 2.61 bits per heavy atom. The first-order valence-corrected chi connectivity index (χ1v) is 15.2. The summed E-state index contributed by atoms with van der Waals surface area (Å²) in [5.41, 5.74) is 8.86. The smallest absolute Gasteiger partial charge is 0.274 e. The number of benzene rings is 1. The summed E-state index contributed by atoms with van der Waals surface area (Å²) < 4.78 is 35.9. The van der Waals surface area contributed by atoms with Crippen LogP contribution in [-0.4, -0.2) is 35.1 Å². The van der Waals surface area contributed by atoms with Gasteiger partial charge < -0.3 is 15.8 Å². The number of hydrogen-bond donors (Lipinski definition) is 2. The maximum atomic E-state index is 15.4. The first-order chi connectivity index (χ1) is 19.8. The molecule has 2 aromatic heterocycles. The Bertz CT molecular complexity index is 1360. The summed E-state index contributed by atoms with van der Waals surface area (Å²) in [6, 6.07) is 7.81. The van der Waals surface area contributed by atoms with Crippen molar-refractivity contribution in [3.05, 3.63) is 71.2 Å². The summed E-state index contributed by atoms with van der Waals surface area (Å²) in [4.78, 5) is 21.9. The number of rotatable bonds is 7. The van der Waals surface area contributed by atoms with Crippen molar-refractivity contribution in [1.29, 1.82) is 0 Å². The Morgan fingerprint density at radius 1 is 1.12 bits per heavy atom. The maximum Gasteiger partial charge on any atom is 0.274 e. The highest BCUT2D eigenvalue weighted by Crippen LogP contribution is 2.42. The number of anilines is 1.